The molecular formula is C17H23IN4OS2. The fourth-order valence-electron chi connectivity index (χ4n) is 2.71. The first-order valence-corrected chi connectivity index (χ1v) is 9.87. The molecule has 5 nitrogen and oxygen atoms in total. The molecule has 0 aromatic carbocycles. The number of aliphatic imine (C=N–C) groups is 1. The molecule has 2 aromatic heterocycles. The number of nitrogens with zero attached hydrogens (tertiary/aromatic N) is 2. The van der Waals surface area contributed by atoms with Crippen LogP contribution in [-0.4, -0.2) is 36.9 Å². The van der Waals surface area contributed by atoms with E-state index in [-0.39, 0.29) is 29.9 Å². The molecule has 0 aliphatic carbocycles. The number of nitrogens with one attached hydrogen (secondary N) is 2. The summed E-state index contributed by atoms with van der Waals surface area (Å²) in [5.74, 6) is 0.931. The van der Waals surface area contributed by atoms with Gasteiger partial charge in [-0.05, 0) is 45.8 Å². The van der Waals surface area contributed by atoms with Crippen molar-refractivity contribution in [2.24, 2.45) is 4.99 Å². The zero-order chi connectivity index (χ0) is 16.8. The third kappa shape index (κ3) is 5.68. The maximum atomic E-state index is 12.4. The Morgan fingerprint density at radius 2 is 2.20 bits per heavy atom. The van der Waals surface area contributed by atoms with E-state index in [1.54, 1.807) is 29.7 Å². The van der Waals surface area contributed by atoms with Crippen molar-refractivity contribution in [2.45, 2.75) is 25.9 Å². The Morgan fingerprint density at radius 1 is 1.32 bits per heavy atom. The van der Waals surface area contributed by atoms with Crippen LogP contribution in [0.1, 0.15) is 22.4 Å². The molecule has 136 valence electrons. The first-order chi connectivity index (χ1) is 11.8. The second-order valence-corrected chi connectivity index (χ2v) is 7.45. The lowest BCUT2D eigenvalue weighted by Gasteiger charge is -2.27. The predicted molar refractivity (Wildman–Crippen MR) is 116 cm³/mol. The van der Waals surface area contributed by atoms with Crippen molar-refractivity contribution in [1.29, 1.82) is 0 Å². The van der Waals surface area contributed by atoms with E-state index < -0.39 is 0 Å². The molecular weight excluding hydrogens is 467 g/mol. The van der Waals surface area contributed by atoms with E-state index in [1.807, 2.05) is 4.90 Å². The molecule has 0 atom stereocenters. The number of carbonyl (C=O) groups excluding carboxylic acids is 1. The normalized spacial score (nSPS) is 13.8. The highest BCUT2D eigenvalue weighted by Crippen LogP contribution is 2.24. The SMILES string of the molecule is CN=C(NCCC(=O)N1CCc2sccc2C1)NCc1ccsc1.I. The van der Waals surface area contributed by atoms with Gasteiger partial charge in [-0.1, -0.05) is 0 Å². The van der Waals surface area contributed by atoms with Crippen LogP contribution in [0.25, 0.3) is 0 Å². The van der Waals surface area contributed by atoms with Gasteiger partial charge >= 0.3 is 0 Å². The number of carbonyl (C=O) groups is 1. The minimum absolute atomic E-state index is 0. The van der Waals surface area contributed by atoms with E-state index in [2.05, 4.69) is 43.9 Å². The maximum absolute atomic E-state index is 12.4. The molecule has 0 bridgehead atoms. The van der Waals surface area contributed by atoms with Gasteiger partial charge in [-0.15, -0.1) is 35.3 Å². The molecule has 0 saturated carbocycles. The first kappa shape index (κ1) is 20.2. The average Bonchev–Trinajstić information content (AvgIpc) is 3.28. The van der Waals surface area contributed by atoms with E-state index in [0.717, 1.165) is 32.0 Å². The van der Waals surface area contributed by atoms with Gasteiger partial charge in [0.1, 0.15) is 0 Å². The van der Waals surface area contributed by atoms with Gasteiger partial charge in [0.25, 0.3) is 0 Å². The van der Waals surface area contributed by atoms with Crippen molar-refractivity contribution < 1.29 is 4.79 Å². The molecule has 3 rings (SSSR count). The van der Waals surface area contributed by atoms with Gasteiger partial charge in [-0.3, -0.25) is 9.79 Å². The maximum Gasteiger partial charge on any atom is 0.224 e. The molecule has 8 heteroatoms. The van der Waals surface area contributed by atoms with Crippen molar-refractivity contribution in [1.82, 2.24) is 15.5 Å². The summed E-state index contributed by atoms with van der Waals surface area (Å²) in [6.45, 7) is 2.92. The lowest BCUT2D eigenvalue weighted by molar-refractivity contribution is -0.131. The fourth-order valence-corrected chi connectivity index (χ4v) is 4.27. The van der Waals surface area contributed by atoms with Gasteiger partial charge in [-0.25, -0.2) is 0 Å². The Kier molecular flexibility index (Phi) is 8.17. The minimum Gasteiger partial charge on any atom is -0.356 e. The Hall–Kier alpha value is -1.13. The monoisotopic (exact) mass is 490 g/mol. The second kappa shape index (κ2) is 10.1. The lowest BCUT2D eigenvalue weighted by Crippen LogP contribution is -2.40. The number of amides is 1. The summed E-state index contributed by atoms with van der Waals surface area (Å²) in [5, 5.41) is 12.8. The van der Waals surface area contributed by atoms with Gasteiger partial charge in [0.05, 0.1) is 0 Å². The molecule has 3 heterocycles. The highest BCUT2D eigenvalue weighted by atomic mass is 127. The molecule has 0 radical (unpaired) electrons. The standard InChI is InChI=1S/C17H22N4OS2.HI/c1-18-17(20-10-13-4-8-23-12-13)19-6-2-16(22)21-7-3-15-14(11-21)5-9-24-15;/h4-5,8-9,12H,2-3,6-7,10-11H2,1H3,(H2,18,19,20);1H. The van der Waals surface area contributed by atoms with E-state index in [9.17, 15) is 4.79 Å². The smallest absolute Gasteiger partial charge is 0.224 e. The molecule has 25 heavy (non-hydrogen) atoms. The van der Waals surface area contributed by atoms with E-state index in [1.165, 1.54) is 16.0 Å². The predicted octanol–water partition coefficient (Wildman–Crippen LogP) is 3.07. The molecule has 0 unspecified atom stereocenters. The van der Waals surface area contributed by atoms with Crippen LogP contribution in [-0.2, 0) is 24.3 Å². The topological polar surface area (TPSA) is 56.7 Å². The molecule has 2 N–H and O–H groups in total. The van der Waals surface area contributed by atoms with Crippen LogP contribution in [0.3, 0.4) is 0 Å². The van der Waals surface area contributed by atoms with E-state index in [4.69, 9.17) is 0 Å². The van der Waals surface area contributed by atoms with Gasteiger partial charge in [0, 0.05) is 44.5 Å². The van der Waals surface area contributed by atoms with Crippen LogP contribution in [0.2, 0.25) is 0 Å². The van der Waals surface area contributed by atoms with Gasteiger partial charge in [0.15, 0.2) is 5.96 Å². The van der Waals surface area contributed by atoms with Crippen molar-refractivity contribution in [2.75, 3.05) is 20.1 Å². The van der Waals surface area contributed by atoms with Crippen molar-refractivity contribution in [3.63, 3.8) is 0 Å². The summed E-state index contributed by atoms with van der Waals surface area (Å²) >= 11 is 3.48. The summed E-state index contributed by atoms with van der Waals surface area (Å²) < 4.78 is 0. The summed E-state index contributed by atoms with van der Waals surface area (Å²) in [6, 6.07) is 4.22. The number of rotatable bonds is 5. The Labute approximate surface area is 173 Å². The summed E-state index contributed by atoms with van der Waals surface area (Å²) in [7, 11) is 1.74. The lowest BCUT2D eigenvalue weighted by atomic mass is 10.1. The van der Waals surface area contributed by atoms with Gasteiger partial charge in [0.2, 0.25) is 5.91 Å². The average molecular weight is 490 g/mol. The van der Waals surface area contributed by atoms with Gasteiger partial charge < -0.3 is 15.5 Å². The van der Waals surface area contributed by atoms with E-state index in [0.29, 0.717) is 13.0 Å². The zero-order valence-corrected chi connectivity index (χ0v) is 18.1. The number of guanidine groups is 1. The zero-order valence-electron chi connectivity index (χ0n) is 14.2. The summed E-state index contributed by atoms with van der Waals surface area (Å²) in [5.41, 5.74) is 2.54. The summed E-state index contributed by atoms with van der Waals surface area (Å²) in [6.07, 6.45) is 1.47. The number of thiophene rings is 2. The van der Waals surface area contributed by atoms with Crippen LogP contribution in [0.5, 0.6) is 0 Å². The Morgan fingerprint density at radius 3 is 2.96 bits per heavy atom. The third-order valence-corrected chi connectivity index (χ3v) is 5.81. The fraction of sp³-hybridized carbons (Fsp3) is 0.412. The Balaban J connectivity index is 0.00000225. The largest absolute Gasteiger partial charge is 0.356 e. The van der Waals surface area contributed by atoms with E-state index >= 15 is 0 Å². The number of fused-ring (bicyclic) bond motifs is 1. The highest BCUT2D eigenvalue weighted by molar-refractivity contribution is 14.0. The molecule has 2 aromatic rings. The molecule has 1 aliphatic rings. The second-order valence-electron chi connectivity index (χ2n) is 5.67. The summed E-state index contributed by atoms with van der Waals surface area (Å²) in [4.78, 5) is 20.0. The number of hydrogen-bond donors (Lipinski definition) is 2. The van der Waals surface area contributed by atoms with Crippen molar-refractivity contribution >= 4 is 58.5 Å². The molecule has 0 fully saturated rings. The molecule has 1 amide bonds. The van der Waals surface area contributed by atoms with Crippen LogP contribution < -0.4 is 10.6 Å². The van der Waals surface area contributed by atoms with Crippen LogP contribution >= 0.6 is 46.7 Å². The van der Waals surface area contributed by atoms with Gasteiger partial charge in [-0.2, -0.15) is 11.3 Å². The number of hydrogen-bond acceptors (Lipinski definition) is 4. The number of halogens is 1. The van der Waals surface area contributed by atoms with Crippen molar-refractivity contribution in [3.8, 4) is 0 Å². The quantitative estimate of drug-likeness (QED) is 0.385. The molecule has 1 aliphatic heterocycles. The highest BCUT2D eigenvalue weighted by Gasteiger charge is 2.20. The third-order valence-electron chi connectivity index (χ3n) is 4.06. The first-order valence-electron chi connectivity index (χ1n) is 8.05. The van der Waals surface area contributed by atoms with Crippen LogP contribution in [0, 0.1) is 0 Å². The minimum atomic E-state index is 0. The van der Waals surface area contributed by atoms with Crippen LogP contribution in [0.15, 0.2) is 33.3 Å². The van der Waals surface area contributed by atoms with Crippen molar-refractivity contribution in [3.05, 3.63) is 44.3 Å². The molecule has 0 spiro atoms. The Bertz CT molecular complexity index is 699. The molecule has 0 saturated heterocycles. The van der Waals surface area contributed by atoms with Crippen LogP contribution in [0.4, 0.5) is 0 Å².